The van der Waals surface area contributed by atoms with Crippen molar-refractivity contribution < 1.29 is 24.1 Å². The molecule has 1 heterocycles. The van der Waals surface area contributed by atoms with Gasteiger partial charge in [0.15, 0.2) is 0 Å². The Morgan fingerprint density at radius 3 is 2.48 bits per heavy atom. The van der Waals surface area contributed by atoms with Gasteiger partial charge in [0.05, 0.1) is 40.1 Å². The quantitative estimate of drug-likeness (QED) is 0.147. The van der Waals surface area contributed by atoms with Crippen LogP contribution in [0.1, 0.15) is 52.7 Å². The fraction of sp³-hybridized carbons (Fsp3) is 0.290. The fourth-order valence-electron chi connectivity index (χ4n) is 4.76. The van der Waals surface area contributed by atoms with E-state index in [9.17, 15) is 9.90 Å². The van der Waals surface area contributed by atoms with Gasteiger partial charge in [-0.25, -0.2) is 4.79 Å². The standard InChI is InChI=1S/C31H28Cl3NO5/c1-2-38-31(37)19-9-8-18-12-20(15-40-27(18)13-19)22-11-10-21(14-26(22)34)39-16-23(30(36)17-6-7-17)29(35)28-24(32)4-3-5-25(28)33/h3-5,8-11,13-14,17,20,35-36H,2,6-7,12,15-16H2,1H3/b30-23-,35-29?. The van der Waals surface area contributed by atoms with Crippen LogP contribution in [0.25, 0.3) is 0 Å². The molecule has 0 bridgehead atoms. The summed E-state index contributed by atoms with van der Waals surface area (Å²) in [4.78, 5) is 12.1. The molecule has 1 unspecified atom stereocenters. The van der Waals surface area contributed by atoms with Crippen molar-refractivity contribution in [3.8, 4) is 11.5 Å². The molecule has 2 N–H and O–H groups in total. The molecule has 9 heteroatoms. The van der Waals surface area contributed by atoms with Crippen LogP contribution >= 0.6 is 34.8 Å². The summed E-state index contributed by atoms with van der Waals surface area (Å²) in [5, 5.41) is 20.8. The van der Waals surface area contributed by atoms with Crippen LogP contribution in [-0.4, -0.2) is 36.6 Å². The Labute approximate surface area is 247 Å². The zero-order valence-electron chi connectivity index (χ0n) is 21.8. The number of aliphatic hydroxyl groups excluding tert-OH is 1. The van der Waals surface area contributed by atoms with Gasteiger partial charge >= 0.3 is 5.97 Å². The van der Waals surface area contributed by atoms with Gasteiger partial charge in [0.1, 0.15) is 23.9 Å². The highest BCUT2D eigenvalue weighted by atomic mass is 35.5. The maximum Gasteiger partial charge on any atom is 0.338 e. The summed E-state index contributed by atoms with van der Waals surface area (Å²) < 4.78 is 17.1. The summed E-state index contributed by atoms with van der Waals surface area (Å²) in [6.07, 6.45) is 2.42. The molecule has 1 saturated carbocycles. The van der Waals surface area contributed by atoms with Crippen LogP contribution in [0.2, 0.25) is 15.1 Å². The number of nitrogens with one attached hydrogen (secondary N) is 1. The van der Waals surface area contributed by atoms with E-state index in [0.717, 1.165) is 24.0 Å². The average Bonchev–Trinajstić information content (AvgIpc) is 3.78. The summed E-state index contributed by atoms with van der Waals surface area (Å²) in [7, 11) is 0. The van der Waals surface area contributed by atoms with Crippen molar-refractivity contribution in [2.24, 2.45) is 5.92 Å². The lowest BCUT2D eigenvalue weighted by Gasteiger charge is -2.27. The SMILES string of the molecule is CCOC(=O)c1ccc2c(c1)OCC(c1ccc(OC/C(C(=N)c3c(Cl)cccc3Cl)=C(/O)C3CC3)cc1Cl)C2. The summed E-state index contributed by atoms with van der Waals surface area (Å²) in [5.41, 5.74) is 3.11. The Kier molecular flexibility index (Phi) is 8.60. The second-order valence-corrected chi connectivity index (χ2v) is 11.1. The predicted octanol–water partition coefficient (Wildman–Crippen LogP) is 8.21. The van der Waals surface area contributed by atoms with E-state index in [1.807, 2.05) is 18.2 Å². The summed E-state index contributed by atoms with van der Waals surface area (Å²) in [5.74, 6) is 0.968. The van der Waals surface area contributed by atoms with Gasteiger partial charge in [-0.3, -0.25) is 5.41 Å². The van der Waals surface area contributed by atoms with Crippen molar-refractivity contribution >= 4 is 46.5 Å². The predicted molar refractivity (Wildman–Crippen MR) is 157 cm³/mol. The van der Waals surface area contributed by atoms with E-state index in [4.69, 9.17) is 54.4 Å². The largest absolute Gasteiger partial charge is 0.512 e. The third-order valence-electron chi connectivity index (χ3n) is 7.07. The van der Waals surface area contributed by atoms with Crippen LogP contribution in [0.4, 0.5) is 0 Å². The Morgan fingerprint density at radius 2 is 1.80 bits per heavy atom. The molecule has 0 saturated heterocycles. The molecular formula is C31H28Cl3NO5. The third kappa shape index (κ3) is 6.09. The van der Waals surface area contributed by atoms with E-state index in [1.165, 1.54) is 0 Å². The highest BCUT2D eigenvalue weighted by Gasteiger charge is 2.31. The number of aliphatic hydroxyl groups is 1. The minimum absolute atomic E-state index is 0.00808. The maximum atomic E-state index is 12.1. The zero-order chi connectivity index (χ0) is 28.4. The van der Waals surface area contributed by atoms with Gasteiger partial charge < -0.3 is 19.3 Å². The minimum atomic E-state index is -0.372. The molecule has 1 aliphatic heterocycles. The highest BCUT2D eigenvalue weighted by Crippen LogP contribution is 2.39. The molecule has 0 spiro atoms. The van der Waals surface area contributed by atoms with Gasteiger partial charge in [-0.2, -0.15) is 0 Å². The number of hydrogen-bond acceptors (Lipinski definition) is 6. The van der Waals surface area contributed by atoms with E-state index in [-0.39, 0.29) is 35.9 Å². The number of rotatable bonds is 9. The van der Waals surface area contributed by atoms with Crippen molar-refractivity contribution in [1.29, 1.82) is 5.41 Å². The lowest BCUT2D eigenvalue weighted by Crippen LogP contribution is -2.20. The number of allylic oxidation sites excluding steroid dienone is 1. The maximum absolute atomic E-state index is 12.1. The Morgan fingerprint density at radius 1 is 1.05 bits per heavy atom. The number of carbonyl (C=O) groups excluding carboxylic acids is 1. The van der Waals surface area contributed by atoms with Gasteiger partial charge in [0.2, 0.25) is 0 Å². The molecule has 40 heavy (non-hydrogen) atoms. The molecule has 0 radical (unpaired) electrons. The first kappa shape index (κ1) is 28.3. The number of hydrogen-bond donors (Lipinski definition) is 2. The van der Waals surface area contributed by atoms with Crippen molar-refractivity contribution in [2.45, 2.75) is 32.1 Å². The van der Waals surface area contributed by atoms with Gasteiger partial charge in [0.25, 0.3) is 0 Å². The Hall–Kier alpha value is -3.19. The summed E-state index contributed by atoms with van der Waals surface area (Å²) in [6, 6.07) is 15.8. The van der Waals surface area contributed by atoms with Crippen LogP contribution in [0, 0.1) is 11.3 Å². The molecule has 6 nitrogen and oxygen atoms in total. The first-order valence-corrected chi connectivity index (χ1v) is 14.2. The highest BCUT2D eigenvalue weighted by molar-refractivity contribution is 6.41. The van der Waals surface area contributed by atoms with Crippen LogP contribution in [-0.2, 0) is 11.2 Å². The lowest BCUT2D eigenvalue weighted by molar-refractivity contribution is 0.0525. The van der Waals surface area contributed by atoms with Crippen molar-refractivity contribution in [1.82, 2.24) is 0 Å². The van der Waals surface area contributed by atoms with Crippen molar-refractivity contribution in [2.75, 3.05) is 19.8 Å². The minimum Gasteiger partial charge on any atom is -0.512 e. The van der Waals surface area contributed by atoms with E-state index >= 15 is 0 Å². The first-order chi connectivity index (χ1) is 19.3. The molecule has 1 aliphatic carbocycles. The number of esters is 1. The second-order valence-electron chi connectivity index (χ2n) is 9.84. The third-order valence-corrected chi connectivity index (χ3v) is 8.02. The molecule has 5 rings (SSSR count). The topological polar surface area (TPSA) is 88.8 Å². The fourth-order valence-corrected chi connectivity index (χ4v) is 5.67. The average molecular weight is 601 g/mol. The number of ether oxygens (including phenoxy) is 3. The zero-order valence-corrected chi connectivity index (χ0v) is 24.1. The molecule has 0 amide bonds. The normalized spacial score (nSPS) is 16.9. The van der Waals surface area contributed by atoms with Crippen LogP contribution in [0.3, 0.4) is 0 Å². The Balaban J connectivity index is 1.30. The van der Waals surface area contributed by atoms with Crippen LogP contribution in [0.5, 0.6) is 11.5 Å². The number of halogens is 3. The van der Waals surface area contributed by atoms with Crippen LogP contribution < -0.4 is 9.47 Å². The molecule has 1 atom stereocenters. The van der Waals surface area contributed by atoms with E-state index < -0.39 is 0 Å². The number of benzene rings is 3. The molecule has 1 fully saturated rings. The molecule has 2 aliphatic rings. The molecule has 208 valence electrons. The lowest BCUT2D eigenvalue weighted by atomic mass is 9.90. The second kappa shape index (κ2) is 12.1. The van der Waals surface area contributed by atoms with Gasteiger partial charge in [0, 0.05) is 22.4 Å². The van der Waals surface area contributed by atoms with Gasteiger partial charge in [-0.05, 0) is 73.7 Å². The molecule has 0 aromatic heterocycles. The van der Waals surface area contributed by atoms with Crippen LogP contribution in [0.15, 0.2) is 65.9 Å². The number of carbonyl (C=O) groups is 1. The van der Waals surface area contributed by atoms with Gasteiger partial charge in [-0.1, -0.05) is 53.0 Å². The van der Waals surface area contributed by atoms with Gasteiger partial charge in [-0.15, -0.1) is 0 Å². The smallest absolute Gasteiger partial charge is 0.338 e. The van der Waals surface area contributed by atoms with E-state index in [0.29, 0.717) is 62.9 Å². The van der Waals surface area contributed by atoms with E-state index in [1.54, 1.807) is 43.3 Å². The van der Waals surface area contributed by atoms with Crippen molar-refractivity contribution in [3.63, 3.8) is 0 Å². The molecule has 3 aromatic carbocycles. The van der Waals surface area contributed by atoms with Crippen molar-refractivity contribution in [3.05, 3.63) is 103 Å². The monoisotopic (exact) mass is 599 g/mol. The Bertz CT molecular complexity index is 1480. The molecule has 3 aromatic rings. The summed E-state index contributed by atoms with van der Waals surface area (Å²) in [6.45, 7) is 2.46. The first-order valence-electron chi connectivity index (χ1n) is 13.1. The van der Waals surface area contributed by atoms with E-state index in [2.05, 4.69) is 0 Å². The molecular weight excluding hydrogens is 573 g/mol. The number of fused-ring (bicyclic) bond motifs is 1. The summed E-state index contributed by atoms with van der Waals surface area (Å²) >= 11 is 19.4.